The lowest BCUT2D eigenvalue weighted by Crippen LogP contribution is -2.16. The Morgan fingerprint density at radius 3 is 2.25 bits per heavy atom. The van der Waals surface area contributed by atoms with E-state index in [0.717, 1.165) is 16.8 Å². The van der Waals surface area contributed by atoms with Crippen LogP contribution in [-0.2, 0) is 16.0 Å². The number of nitrogen functional groups attached to an aromatic ring is 1. The number of nitrogens with two attached hydrogens (primary N) is 1. The summed E-state index contributed by atoms with van der Waals surface area (Å²) >= 11 is 0. The molecule has 0 heterocycles. The average molecular weight is 292 g/mol. The number of anilines is 1. The third kappa shape index (κ3) is 4.00. The van der Waals surface area contributed by atoms with Crippen molar-refractivity contribution in [3.8, 4) is 0 Å². The number of esters is 1. The second-order valence-corrected chi connectivity index (χ2v) is 4.43. The maximum absolute atomic E-state index is 11.9. The molecule has 2 rings (SSSR count). The van der Waals surface area contributed by atoms with Crippen LogP contribution in [0.2, 0.25) is 0 Å². The van der Waals surface area contributed by atoms with Gasteiger partial charge in [-0.3, -0.25) is 4.79 Å². The van der Waals surface area contributed by atoms with Crippen molar-refractivity contribution < 1.29 is 9.53 Å². The van der Waals surface area contributed by atoms with Crippen LogP contribution < -0.4 is 5.73 Å². The summed E-state index contributed by atoms with van der Waals surface area (Å²) in [6, 6.07) is 17.2. The van der Waals surface area contributed by atoms with Crippen LogP contribution in [0.3, 0.4) is 0 Å². The first kappa shape index (κ1) is 16.1. The molecule has 2 aromatic carbocycles. The highest BCUT2D eigenvalue weighted by Crippen LogP contribution is 2.22. The zero-order valence-corrected chi connectivity index (χ0v) is 12.1. The van der Waals surface area contributed by atoms with Crippen LogP contribution >= 0.6 is 12.4 Å². The quantitative estimate of drug-likeness (QED) is 0.695. The summed E-state index contributed by atoms with van der Waals surface area (Å²) in [5.41, 5.74) is 8.41. The number of rotatable bonds is 4. The third-order valence-corrected chi connectivity index (χ3v) is 3.11. The molecule has 0 aliphatic rings. The highest BCUT2D eigenvalue weighted by molar-refractivity contribution is 5.85. The number of ether oxygens (including phenoxy) is 1. The zero-order valence-electron chi connectivity index (χ0n) is 11.3. The molecule has 0 spiro atoms. The minimum absolute atomic E-state index is 0. The number of benzene rings is 2. The summed E-state index contributed by atoms with van der Waals surface area (Å²) in [7, 11) is 1.42. The molecule has 0 saturated carbocycles. The van der Waals surface area contributed by atoms with Crippen molar-refractivity contribution in [2.24, 2.45) is 0 Å². The van der Waals surface area contributed by atoms with Gasteiger partial charge in [-0.2, -0.15) is 0 Å². The fourth-order valence-electron chi connectivity index (χ4n) is 2.05. The first-order chi connectivity index (χ1) is 9.20. The second-order valence-electron chi connectivity index (χ2n) is 4.43. The van der Waals surface area contributed by atoms with E-state index in [9.17, 15) is 4.79 Å². The smallest absolute Gasteiger partial charge is 0.313 e. The molecule has 20 heavy (non-hydrogen) atoms. The SMILES string of the molecule is COC(=O)C(Cc1ccc(N)cc1)c1ccccc1.Cl. The fourth-order valence-corrected chi connectivity index (χ4v) is 2.05. The molecule has 2 aromatic rings. The largest absolute Gasteiger partial charge is 0.469 e. The lowest BCUT2D eigenvalue weighted by Gasteiger charge is -2.15. The monoisotopic (exact) mass is 291 g/mol. The minimum atomic E-state index is -0.283. The van der Waals surface area contributed by atoms with Gasteiger partial charge in [0.05, 0.1) is 13.0 Å². The van der Waals surface area contributed by atoms with E-state index in [-0.39, 0.29) is 24.3 Å². The van der Waals surface area contributed by atoms with E-state index in [4.69, 9.17) is 10.5 Å². The van der Waals surface area contributed by atoms with Gasteiger partial charge in [0.25, 0.3) is 0 Å². The Hall–Kier alpha value is -2.00. The highest BCUT2D eigenvalue weighted by atomic mass is 35.5. The Kier molecular flexibility index (Phi) is 6.07. The lowest BCUT2D eigenvalue weighted by atomic mass is 9.92. The molecule has 2 N–H and O–H groups in total. The van der Waals surface area contributed by atoms with Gasteiger partial charge >= 0.3 is 5.97 Å². The van der Waals surface area contributed by atoms with Crippen LogP contribution in [0.4, 0.5) is 5.69 Å². The summed E-state index contributed by atoms with van der Waals surface area (Å²) in [6.45, 7) is 0. The van der Waals surface area contributed by atoms with E-state index < -0.39 is 0 Å². The molecule has 0 saturated heterocycles. The third-order valence-electron chi connectivity index (χ3n) is 3.11. The lowest BCUT2D eigenvalue weighted by molar-refractivity contribution is -0.142. The number of methoxy groups -OCH3 is 1. The van der Waals surface area contributed by atoms with Crippen molar-refractivity contribution in [1.82, 2.24) is 0 Å². The van der Waals surface area contributed by atoms with Crippen molar-refractivity contribution in [3.63, 3.8) is 0 Å². The number of halogens is 1. The van der Waals surface area contributed by atoms with Gasteiger partial charge in [0.15, 0.2) is 0 Å². The first-order valence-corrected chi connectivity index (χ1v) is 6.18. The Labute approximate surface area is 125 Å². The second kappa shape index (κ2) is 7.56. The van der Waals surface area contributed by atoms with Gasteiger partial charge in [-0.15, -0.1) is 12.4 Å². The number of carbonyl (C=O) groups excluding carboxylic acids is 1. The zero-order chi connectivity index (χ0) is 13.7. The van der Waals surface area contributed by atoms with E-state index in [1.165, 1.54) is 7.11 Å². The molecule has 1 atom stereocenters. The van der Waals surface area contributed by atoms with Crippen molar-refractivity contribution >= 4 is 24.1 Å². The summed E-state index contributed by atoms with van der Waals surface area (Å²) < 4.78 is 4.90. The van der Waals surface area contributed by atoms with E-state index >= 15 is 0 Å². The predicted octanol–water partition coefficient (Wildman–Crippen LogP) is 3.19. The molecule has 0 bridgehead atoms. The first-order valence-electron chi connectivity index (χ1n) is 6.18. The summed E-state index contributed by atoms with van der Waals surface area (Å²) in [6.07, 6.45) is 0.608. The number of hydrogen-bond donors (Lipinski definition) is 1. The summed E-state index contributed by atoms with van der Waals surface area (Å²) in [5.74, 6) is -0.502. The van der Waals surface area contributed by atoms with Gasteiger partial charge in [-0.25, -0.2) is 0 Å². The van der Waals surface area contributed by atoms with Crippen molar-refractivity contribution in [3.05, 3.63) is 65.7 Å². The van der Waals surface area contributed by atoms with Gasteiger partial charge in [-0.05, 0) is 29.7 Å². The van der Waals surface area contributed by atoms with Crippen LogP contribution in [0.25, 0.3) is 0 Å². The molecule has 0 fully saturated rings. The Morgan fingerprint density at radius 1 is 1.10 bits per heavy atom. The molecular formula is C16H18ClNO2. The Bertz CT molecular complexity index is 540. The van der Waals surface area contributed by atoms with E-state index in [0.29, 0.717) is 6.42 Å². The van der Waals surface area contributed by atoms with Crippen molar-refractivity contribution in [2.45, 2.75) is 12.3 Å². The number of hydrogen-bond acceptors (Lipinski definition) is 3. The van der Waals surface area contributed by atoms with Gasteiger partial charge in [0.2, 0.25) is 0 Å². The normalized spacial score (nSPS) is 11.2. The summed E-state index contributed by atoms with van der Waals surface area (Å²) in [5, 5.41) is 0. The molecule has 0 aliphatic heterocycles. The van der Waals surface area contributed by atoms with Crippen molar-refractivity contribution in [2.75, 3.05) is 12.8 Å². The molecule has 0 amide bonds. The minimum Gasteiger partial charge on any atom is -0.469 e. The Morgan fingerprint density at radius 2 is 1.70 bits per heavy atom. The molecule has 4 heteroatoms. The topological polar surface area (TPSA) is 52.3 Å². The highest BCUT2D eigenvalue weighted by Gasteiger charge is 2.21. The van der Waals surface area contributed by atoms with E-state index in [2.05, 4.69) is 0 Å². The molecular weight excluding hydrogens is 274 g/mol. The number of carbonyl (C=O) groups is 1. The Balaban J connectivity index is 0.00000200. The van der Waals surface area contributed by atoms with E-state index in [1.807, 2.05) is 54.6 Å². The molecule has 0 radical (unpaired) electrons. The van der Waals surface area contributed by atoms with Crippen LogP contribution in [-0.4, -0.2) is 13.1 Å². The molecule has 1 unspecified atom stereocenters. The molecule has 0 aromatic heterocycles. The van der Waals surface area contributed by atoms with E-state index in [1.54, 1.807) is 0 Å². The van der Waals surface area contributed by atoms with Gasteiger partial charge in [-0.1, -0.05) is 42.5 Å². The molecule has 106 valence electrons. The van der Waals surface area contributed by atoms with Crippen LogP contribution in [0.5, 0.6) is 0 Å². The van der Waals surface area contributed by atoms with Gasteiger partial charge in [0, 0.05) is 5.69 Å². The maximum Gasteiger partial charge on any atom is 0.313 e. The maximum atomic E-state index is 11.9. The van der Waals surface area contributed by atoms with Gasteiger partial charge in [0.1, 0.15) is 0 Å². The molecule has 0 aliphatic carbocycles. The van der Waals surface area contributed by atoms with Gasteiger partial charge < -0.3 is 10.5 Å². The van der Waals surface area contributed by atoms with Crippen LogP contribution in [0, 0.1) is 0 Å². The average Bonchev–Trinajstić information content (AvgIpc) is 2.47. The predicted molar refractivity (Wildman–Crippen MR) is 83.0 cm³/mol. The fraction of sp³-hybridized carbons (Fsp3) is 0.188. The van der Waals surface area contributed by atoms with Crippen molar-refractivity contribution in [1.29, 1.82) is 0 Å². The standard InChI is InChI=1S/C16H17NO2.ClH/c1-19-16(18)15(13-5-3-2-4-6-13)11-12-7-9-14(17)10-8-12;/h2-10,15H,11,17H2,1H3;1H. The summed E-state index contributed by atoms with van der Waals surface area (Å²) in [4.78, 5) is 11.9. The molecule has 3 nitrogen and oxygen atoms in total. The van der Waals surface area contributed by atoms with Crippen LogP contribution in [0.15, 0.2) is 54.6 Å². The van der Waals surface area contributed by atoms with Crippen LogP contribution in [0.1, 0.15) is 17.0 Å².